The minimum atomic E-state index is -1.05. The Morgan fingerprint density at radius 3 is 2.70 bits per heavy atom. The van der Waals surface area contributed by atoms with Crippen molar-refractivity contribution in [3.05, 3.63) is 17.0 Å². The molecule has 27 heavy (non-hydrogen) atoms. The number of nitrogens with one attached hydrogen (secondary N) is 1. The van der Waals surface area contributed by atoms with Crippen LogP contribution in [0.3, 0.4) is 0 Å². The first-order valence-corrected chi connectivity index (χ1v) is 9.93. The van der Waals surface area contributed by atoms with Crippen LogP contribution in [0.5, 0.6) is 0 Å². The number of hydrogen-bond acceptors (Lipinski definition) is 6. The smallest absolute Gasteiger partial charge is 0.312 e. The zero-order valence-electron chi connectivity index (χ0n) is 15.1. The molecule has 1 saturated carbocycles. The molecule has 9 heteroatoms. The molecule has 3 rings (SSSR count). The van der Waals surface area contributed by atoms with Gasteiger partial charge in [-0.3, -0.25) is 19.2 Å². The van der Waals surface area contributed by atoms with Crippen molar-refractivity contribution < 1.29 is 23.9 Å². The van der Waals surface area contributed by atoms with E-state index in [-0.39, 0.29) is 23.9 Å². The Labute approximate surface area is 161 Å². The number of nitrogens with two attached hydrogens (primary N) is 1. The summed E-state index contributed by atoms with van der Waals surface area (Å²) in [5.74, 6) is -2.31. The molecule has 3 amide bonds. The number of amides is 3. The Morgan fingerprint density at radius 1 is 1.33 bits per heavy atom. The van der Waals surface area contributed by atoms with Crippen LogP contribution in [-0.2, 0) is 19.1 Å². The summed E-state index contributed by atoms with van der Waals surface area (Å²) in [5, 5.41) is 4.51. The van der Waals surface area contributed by atoms with Crippen molar-refractivity contribution >= 4 is 40.0 Å². The van der Waals surface area contributed by atoms with Crippen molar-refractivity contribution in [2.24, 2.45) is 11.7 Å². The second-order valence-corrected chi connectivity index (χ2v) is 7.90. The van der Waals surface area contributed by atoms with Crippen LogP contribution in [0.2, 0.25) is 0 Å². The van der Waals surface area contributed by atoms with E-state index in [0.29, 0.717) is 11.5 Å². The zero-order valence-corrected chi connectivity index (χ0v) is 15.9. The Kier molecular flexibility index (Phi) is 5.79. The number of esters is 1. The van der Waals surface area contributed by atoms with E-state index in [9.17, 15) is 19.2 Å². The second kappa shape index (κ2) is 8.08. The van der Waals surface area contributed by atoms with Gasteiger partial charge in [0.25, 0.3) is 11.8 Å². The lowest BCUT2D eigenvalue weighted by Crippen LogP contribution is -2.36. The van der Waals surface area contributed by atoms with E-state index in [1.54, 1.807) is 10.3 Å². The molecule has 0 bridgehead atoms. The maximum atomic E-state index is 12.4. The summed E-state index contributed by atoms with van der Waals surface area (Å²) in [6.45, 7) is 1.81. The van der Waals surface area contributed by atoms with Gasteiger partial charge in [-0.15, -0.1) is 11.3 Å². The number of nitrogens with zero attached hydrogens (tertiary/aromatic N) is 1. The quantitative estimate of drug-likeness (QED) is 0.710. The van der Waals surface area contributed by atoms with Gasteiger partial charge in [-0.2, -0.15) is 0 Å². The molecular formula is C18H23N3O5S. The zero-order chi connectivity index (χ0) is 19.6. The van der Waals surface area contributed by atoms with Crippen LogP contribution in [0.1, 0.15) is 49.4 Å². The predicted octanol–water partition coefficient (Wildman–Crippen LogP) is 1.51. The first-order valence-electron chi connectivity index (χ1n) is 9.05. The van der Waals surface area contributed by atoms with Gasteiger partial charge >= 0.3 is 5.97 Å². The standard InChI is InChI=1S/C18H23N3O5S/c1-10(16(24)20-17-13(15(19)23)6-7-27-17)26-18(25)11-8-14(22)21(9-11)12-4-2-3-5-12/h6-7,10-12H,2-5,8-9H2,1H3,(H2,19,23)(H,20,24)/t10-,11+/m0/s1. The number of thiophene rings is 1. The molecular weight excluding hydrogens is 370 g/mol. The molecule has 2 atom stereocenters. The maximum Gasteiger partial charge on any atom is 0.312 e. The normalized spacial score (nSPS) is 21.3. The highest BCUT2D eigenvalue weighted by Crippen LogP contribution is 2.30. The largest absolute Gasteiger partial charge is 0.452 e. The van der Waals surface area contributed by atoms with Crippen LogP contribution in [0.25, 0.3) is 0 Å². The third-order valence-corrected chi connectivity index (χ3v) is 5.92. The minimum absolute atomic E-state index is 0.0226. The molecule has 0 radical (unpaired) electrons. The van der Waals surface area contributed by atoms with E-state index in [1.807, 2.05) is 0 Å². The summed E-state index contributed by atoms with van der Waals surface area (Å²) in [7, 11) is 0. The fourth-order valence-electron chi connectivity index (χ4n) is 3.60. The third-order valence-electron chi connectivity index (χ3n) is 5.09. The number of primary amides is 1. The minimum Gasteiger partial charge on any atom is -0.452 e. The summed E-state index contributed by atoms with van der Waals surface area (Å²) in [6.07, 6.45) is 3.26. The van der Waals surface area contributed by atoms with Crippen LogP contribution in [0, 0.1) is 5.92 Å². The lowest BCUT2D eigenvalue weighted by Gasteiger charge is -2.24. The Balaban J connectivity index is 1.54. The van der Waals surface area contributed by atoms with Gasteiger partial charge in [0.15, 0.2) is 6.10 Å². The van der Waals surface area contributed by atoms with Gasteiger partial charge in [-0.25, -0.2) is 0 Å². The highest BCUT2D eigenvalue weighted by molar-refractivity contribution is 7.14. The van der Waals surface area contributed by atoms with Crippen molar-refractivity contribution in [2.45, 2.75) is 51.2 Å². The summed E-state index contributed by atoms with van der Waals surface area (Å²) < 4.78 is 5.26. The number of carbonyl (C=O) groups excluding carboxylic acids is 4. The molecule has 146 valence electrons. The molecule has 1 aromatic rings. The van der Waals surface area contributed by atoms with Crippen LogP contribution in [0.15, 0.2) is 11.4 Å². The number of hydrogen-bond donors (Lipinski definition) is 2. The molecule has 0 spiro atoms. The van der Waals surface area contributed by atoms with Crippen LogP contribution >= 0.6 is 11.3 Å². The van der Waals surface area contributed by atoms with Gasteiger partial charge in [-0.1, -0.05) is 12.8 Å². The van der Waals surface area contributed by atoms with E-state index in [1.165, 1.54) is 13.0 Å². The van der Waals surface area contributed by atoms with Crippen molar-refractivity contribution in [2.75, 3.05) is 11.9 Å². The summed E-state index contributed by atoms with van der Waals surface area (Å²) in [5.41, 5.74) is 5.46. The molecule has 8 nitrogen and oxygen atoms in total. The van der Waals surface area contributed by atoms with Crippen molar-refractivity contribution in [3.8, 4) is 0 Å². The van der Waals surface area contributed by atoms with Crippen molar-refractivity contribution in [3.63, 3.8) is 0 Å². The van der Waals surface area contributed by atoms with Crippen LogP contribution in [-0.4, -0.2) is 47.3 Å². The lowest BCUT2D eigenvalue weighted by atomic mass is 10.1. The first kappa shape index (κ1) is 19.3. The molecule has 3 N–H and O–H groups in total. The summed E-state index contributed by atoms with van der Waals surface area (Å²) in [6, 6.07) is 1.74. The Hall–Kier alpha value is -2.42. The van der Waals surface area contributed by atoms with Gasteiger partial charge in [-0.05, 0) is 31.2 Å². The fraction of sp³-hybridized carbons (Fsp3) is 0.556. The topological polar surface area (TPSA) is 119 Å². The molecule has 2 heterocycles. The summed E-state index contributed by atoms with van der Waals surface area (Å²) in [4.78, 5) is 50.0. The van der Waals surface area contributed by atoms with Crippen LogP contribution in [0.4, 0.5) is 5.00 Å². The van der Waals surface area contributed by atoms with E-state index >= 15 is 0 Å². The van der Waals surface area contributed by atoms with Crippen molar-refractivity contribution in [1.82, 2.24) is 4.90 Å². The number of likely N-dealkylation sites (tertiary alicyclic amines) is 1. The average Bonchev–Trinajstić information content (AvgIpc) is 3.34. The third kappa shape index (κ3) is 4.29. The average molecular weight is 393 g/mol. The Bertz CT molecular complexity index is 756. The molecule has 1 aliphatic carbocycles. The SMILES string of the molecule is C[C@H](OC(=O)[C@@H]1CC(=O)N(C2CCCC2)C1)C(=O)Nc1sccc1C(N)=O. The predicted molar refractivity (Wildman–Crippen MR) is 99.1 cm³/mol. The molecule has 1 saturated heterocycles. The van der Waals surface area contributed by atoms with Gasteiger partial charge in [0.1, 0.15) is 5.00 Å². The van der Waals surface area contributed by atoms with E-state index < -0.39 is 29.8 Å². The van der Waals surface area contributed by atoms with E-state index in [4.69, 9.17) is 10.5 Å². The number of carbonyl (C=O) groups is 4. The molecule has 2 aliphatic rings. The molecule has 0 unspecified atom stereocenters. The maximum absolute atomic E-state index is 12.4. The van der Waals surface area contributed by atoms with Gasteiger partial charge in [0, 0.05) is 19.0 Å². The van der Waals surface area contributed by atoms with E-state index in [0.717, 1.165) is 37.0 Å². The fourth-order valence-corrected chi connectivity index (χ4v) is 4.39. The van der Waals surface area contributed by atoms with Gasteiger partial charge < -0.3 is 20.7 Å². The summed E-state index contributed by atoms with van der Waals surface area (Å²) >= 11 is 1.16. The monoisotopic (exact) mass is 393 g/mol. The van der Waals surface area contributed by atoms with Crippen LogP contribution < -0.4 is 11.1 Å². The lowest BCUT2D eigenvalue weighted by molar-refractivity contribution is -0.157. The number of rotatable bonds is 6. The second-order valence-electron chi connectivity index (χ2n) is 6.98. The van der Waals surface area contributed by atoms with Crippen molar-refractivity contribution in [1.29, 1.82) is 0 Å². The molecule has 2 fully saturated rings. The van der Waals surface area contributed by atoms with Gasteiger partial charge in [0.2, 0.25) is 5.91 Å². The highest BCUT2D eigenvalue weighted by Gasteiger charge is 2.40. The first-order chi connectivity index (χ1) is 12.9. The number of anilines is 1. The molecule has 0 aromatic carbocycles. The molecule has 1 aliphatic heterocycles. The highest BCUT2D eigenvalue weighted by atomic mass is 32.1. The number of ether oxygens (including phenoxy) is 1. The van der Waals surface area contributed by atoms with Gasteiger partial charge in [0.05, 0.1) is 11.5 Å². The molecule has 1 aromatic heterocycles. The Morgan fingerprint density at radius 2 is 2.04 bits per heavy atom. The van der Waals surface area contributed by atoms with E-state index in [2.05, 4.69) is 5.32 Å².